The molecule has 0 fully saturated rings. The fraction of sp³-hybridized carbons (Fsp3) is 0.182. The van der Waals surface area contributed by atoms with Gasteiger partial charge in [0.2, 0.25) is 5.91 Å². The first kappa shape index (κ1) is 27.2. The maximum atomic E-state index is 13.8. The van der Waals surface area contributed by atoms with E-state index in [1.54, 1.807) is 18.9 Å². The number of hydrogen-bond acceptors (Lipinski definition) is 5. The molecule has 0 aliphatic heterocycles. The predicted octanol–water partition coefficient (Wildman–Crippen LogP) is 6.89. The first-order chi connectivity index (χ1) is 19.5. The van der Waals surface area contributed by atoms with Crippen molar-refractivity contribution < 1.29 is 9.53 Å². The highest BCUT2D eigenvalue weighted by Crippen LogP contribution is 2.30. The van der Waals surface area contributed by atoms with Crippen molar-refractivity contribution in [3.63, 3.8) is 0 Å². The Hall–Kier alpha value is -4.36. The molecule has 7 heteroatoms. The van der Waals surface area contributed by atoms with Crippen molar-refractivity contribution in [3.05, 3.63) is 137 Å². The maximum Gasteiger partial charge on any atom is 0.232 e. The van der Waals surface area contributed by atoms with Crippen LogP contribution in [0.25, 0.3) is 5.69 Å². The molecule has 0 aliphatic rings. The van der Waals surface area contributed by atoms with Gasteiger partial charge in [-0.15, -0.1) is 10.2 Å². The molecule has 0 aliphatic carbocycles. The summed E-state index contributed by atoms with van der Waals surface area (Å²) in [5, 5.41) is 13.1. The lowest BCUT2D eigenvalue weighted by Crippen LogP contribution is -2.33. The van der Waals surface area contributed by atoms with E-state index in [2.05, 4.69) is 52.8 Å². The first-order valence-electron chi connectivity index (χ1n) is 13.2. The fourth-order valence-corrected chi connectivity index (χ4v) is 5.55. The predicted molar refractivity (Wildman–Crippen MR) is 160 cm³/mol. The summed E-state index contributed by atoms with van der Waals surface area (Å²) in [6.45, 7) is 4.02. The molecule has 6 nitrogen and oxygen atoms in total. The number of carbonyl (C=O) groups excluding carboxylic acids is 1. The summed E-state index contributed by atoms with van der Waals surface area (Å²) < 4.78 is 7.42. The van der Waals surface area contributed by atoms with Crippen LogP contribution in [0.3, 0.4) is 0 Å². The zero-order valence-corrected chi connectivity index (χ0v) is 23.6. The highest BCUT2D eigenvalue weighted by Gasteiger charge is 2.27. The first-order valence-corrected chi connectivity index (χ1v) is 14.2. The van der Waals surface area contributed by atoms with Crippen LogP contribution in [-0.2, 0) is 10.5 Å². The van der Waals surface area contributed by atoms with E-state index in [0.717, 1.165) is 33.3 Å². The molecule has 1 unspecified atom stereocenters. The monoisotopic (exact) mass is 548 g/mol. The summed E-state index contributed by atoms with van der Waals surface area (Å²) in [5.41, 5.74) is 5.11. The second-order valence-corrected chi connectivity index (χ2v) is 10.6. The molecule has 5 aromatic rings. The molecule has 0 saturated heterocycles. The van der Waals surface area contributed by atoms with Crippen LogP contribution in [0.1, 0.15) is 47.0 Å². The van der Waals surface area contributed by atoms with Crippen LogP contribution in [0.15, 0.2) is 114 Å². The van der Waals surface area contributed by atoms with Gasteiger partial charge in [0.25, 0.3) is 0 Å². The molecular weight excluding hydrogens is 516 g/mol. The van der Waals surface area contributed by atoms with E-state index >= 15 is 0 Å². The number of amides is 1. The van der Waals surface area contributed by atoms with Crippen LogP contribution in [-0.4, -0.2) is 27.8 Å². The van der Waals surface area contributed by atoms with Crippen LogP contribution in [0.4, 0.5) is 0 Å². The molecule has 1 N–H and O–H groups in total. The summed E-state index contributed by atoms with van der Waals surface area (Å²) in [5.74, 6) is 1.66. The molecule has 1 heterocycles. The number of nitrogens with one attached hydrogen (secondary N) is 1. The van der Waals surface area contributed by atoms with Crippen LogP contribution in [0, 0.1) is 6.92 Å². The number of aromatic nitrogens is 3. The van der Waals surface area contributed by atoms with Crippen molar-refractivity contribution in [2.45, 2.75) is 36.7 Å². The molecule has 1 atom stereocenters. The Morgan fingerprint density at radius 2 is 1.52 bits per heavy atom. The average Bonchev–Trinajstić information content (AvgIpc) is 3.42. The van der Waals surface area contributed by atoms with Gasteiger partial charge in [0.15, 0.2) is 11.0 Å². The van der Waals surface area contributed by atoms with Crippen molar-refractivity contribution in [3.8, 4) is 11.4 Å². The molecule has 202 valence electrons. The Bertz CT molecular complexity index is 1510. The normalized spacial score (nSPS) is 11.8. The second-order valence-electron chi connectivity index (χ2n) is 9.64. The number of methoxy groups -OCH3 is 1. The third-order valence-corrected chi connectivity index (χ3v) is 7.73. The number of nitrogens with zero attached hydrogens (tertiary/aromatic N) is 3. The molecule has 0 radical (unpaired) electrons. The van der Waals surface area contributed by atoms with Crippen LogP contribution < -0.4 is 10.1 Å². The van der Waals surface area contributed by atoms with Crippen molar-refractivity contribution in [1.82, 2.24) is 20.1 Å². The van der Waals surface area contributed by atoms with E-state index in [1.165, 1.54) is 5.56 Å². The number of carbonyl (C=O) groups is 1. The minimum atomic E-state index is -0.442. The number of thioether (sulfide) groups is 1. The number of hydrogen-bond donors (Lipinski definition) is 1. The van der Waals surface area contributed by atoms with Crippen LogP contribution >= 0.6 is 11.8 Å². The maximum absolute atomic E-state index is 13.8. The third-order valence-electron chi connectivity index (χ3n) is 6.73. The molecule has 1 aromatic heterocycles. The van der Waals surface area contributed by atoms with E-state index in [9.17, 15) is 4.79 Å². The number of aryl methyl sites for hydroxylation is 1. The molecule has 40 heavy (non-hydrogen) atoms. The van der Waals surface area contributed by atoms with Crippen molar-refractivity contribution in [2.75, 3.05) is 7.11 Å². The molecule has 0 saturated carbocycles. The number of ether oxygens (including phenoxy) is 1. The fourth-order valence-electron chi connectivity index (χ4n) is 4.65. The summed E-state index contributed by atoms with van der Waals surface area (Å²) >= 11 is 1.60. The van der Waals surface area contributed by atoms with E-state index in [1.807, 2.05) is 90.4 Å². The Morgan fingerprint density at radius 3 is 2.15 bits per heavy atom. The van der Waals surface area contributed by atoms with Crippen molar-refractivity contribution >= 4 is 17.7 Å². The zero-order valence-electron chi connectivity index (χ0n) is 22.8. The standard InChI is InChI=1S/C33H32N4O2S/c1-23-17-19-28(20-18-23)37-31(35-36-33(37)40-22-25-11-10-16-29(21-25)39-3)24(2)34-32(38)30(26-12-6-4-7-13-26)27-14-8-5-9-15-27/h4-21,24,30H,22H2,1-3H3,(H,34,38). The molecule has 0 spiro atoms. The van der Waals surface area contributed by atoms with Crippen molar-refractivity contribution in [2.24, 2.45) is 0 Å². The van der Waals surface area contributed by atoms with Gasteiger partial charge in [-0.1, -0.05) is 102 Å². The van der Waals surface area contributed by atoms with Gasteiger partial charge in [-0.05, 0) is 54.8 Å². The van der Waals surface area contributed by atoms with E-state index < -0.39 is 5.92 Å². The molecule has 0 bridgehead atoms. The Balaban J connectivity index is 1.44. The second kappa shape index (κ2) is 12.7. The summed E-state index contributed by atoms with van der Waals surface area (Å²) in [4.78, 5) is 13.8. The summed E-state index contributed by atoms with van der Waals surface area (Å²) in [6, 6.07) is 35.6. The van der Waals surface area contributed by atoms with Crippen LogP contribution in [0.2, 0.25) is 0 Å². The topological polar surface area (TPSA) is 69.0 Å². The highest BCUT2D eigenvalue weighted by atomic mass is 32.2. The lowest BCUT2D eigenvalue weighted by Gasteiger charge is -2.21. The molecule has 4 aromatic carbocycles. The minimum absolute atomic E-state index is 0.0889. The van der Waals surface area contributed by atoms with Gasteiger partial charge >= 0.3 is 0 Å². The zero-order chi connectivity index (χ0) is 27.9. The quantitative estimate of drug-likeness (QED) is 0.193. The minimum Gasteiger partial charge on any atom is -0.497 e. The largest absolute Gasteiger partial charge is 0.497 e. The Labute approximate surface area is 239 Å². The SMILES string of the molecule is COc1cccc(CSc2nnc(C(C)NC(=O)C(c3ccccc3)c3ccccc3)n2-c2ccc(C)cc2)c1. The number of benzene rings is 4. The number of rotatable bonds is 10. The smallest absolute Gasteiger partial charge is 0.232 e. The van der Waals surface area contributed by atoms with Gasteiger partial charge in [0, 0.05) is 11.4 Å². The summed E-state index contributed by atoms with van der Waals surface area (Å²) in [6.07, 6.45) is 0. The van der Waals surface area contributed by atoms with Gasteiger partial charge in [0.1, 0.15) is 5.75 Å². The lowest BCUT2D eigenvalue weighted by atomic mass is 9.90. The van der Waals surface area contributed by atoms with Gasteiger partial charge in [-0.2, -0.15) is 0 Å². The average molecular weight is 549 g/mol. The highest BCUT2D eigenvalue weighted by molar-refractivity contribution is 7.98. The third kappa shape index (κ3) is 6.26. The van der Waals surface area contributed by atoms with E-state index in [0.29, 0.717) is 11.6 Å². The van der Waals surface area contributed by atoms with Gasteiger partial charge in [0.05, 0.1) is 19.1 Å². The summed E-state index contributed by atoms with van der Waals surface area (Å²) in [7, 11) is 1.67. The molecule has 5 rings (SSSR count). The Kier molecular flexibility index (Phi) is 8.62. The van der Waals surface area contributed by atoms with Gasteiger partial charge < -0.3 is 10.1 Å². The molecular formula is C33H32N4O2S. The van der Waals surface area contributed by atoms with Crippen molar-refractivity contribution in [1.29, 1.82) is 0 Å². The van der Waals surface area contributed by atoms with Gasteiger partial charge in [-0.3, -0.25) is 9.36 Å². The molecule has 1 amide bonds. The Morgan fingerprint density at radius 1 is 0.875 bits per heavy atom. The van der Waals surface area contributed by atoms with Gasteiger partial charge in [-0.25, -0.2) is 0 Å². The lowest BCUT2D eigenvalue weighted by molar-refractivity contribution is -0.122. The van der Waals surface area contributed by atoms with Crippen LogP contribution in [0.5, 0.6) is 5.75 Å². The van der Waals surface area contributed by atoms with E-state index in [4.69, 9.17) is 4.74 Å². The van der Waals surface area contributed by atoms with E-state index in [-0.39, 0.29) is 11.9 Å².